The standard InChI is InChI=1S/C17H24N4O2/c1-13(17(23)21(4)11-5-10-18)19-15-8-6-14(7-9-15)12-16(22)20(2)3/h6-9,13,19H,5,11-12H2,1-4H3/t13-/m0/s1. The van der Waals surface area contributed by atoms with E-state index in [2.05, 4.69) is 5.32 Å². The van der Waals surface area contributed by atoms with Gasteiger partial charge in [-0.2, -0.15) is 5.26 Å². The Balaban J connectivity index is 2.59. The van der Waals surface area contributed by atoms with E-state index in [9.17, 15) is 9.59 Å². The summed E-state index contributed by atoms with van der Waals surface area (Å²) in [5, 5.41) is 11.7. The molecule has 6 heteroatoms. The minimum absolute atomic E-state index is 0.0494. The predicted molar refractivity (Wildman–Crippen MR) is 89.8 cm³/mol. The number of nitrogens with zero attached hydrogens (tertiary/aromatic N) is 3. The fraction of sp³-hybridized carbons (Fsp3) is 0.471. The van der Waals surface area contributed by atoms with E-state index in [1.165, 1.54) is 0 Å². The van der Waals surface area contributed by atoms with Crippen molar-refractivity contribution in [3.8, 4) is 6.07 Å². The second kappa shape index (κ2) is 8.79. The molecule has 124 valence electrons. The molecule has 0 aliphatic heterocycles. The van der Waals surface area contributed by atoms with Crippen molar-refractivity contribution in [3.05, 3.63) is 29.8 Å². The molecule has 0 aliphatic rings. The molecular formula is C17H24N4O2. The lowest BCUT2D eigenvalue weighted by atomic mass is 10.1. The van der Waals surface area contributed by atoms with Gasteiger partial charge in [0, 0.05) is 33.4 Å². The van der Waals surface area contributed by atoms with Crippen LogP contribution in [0.5, 0.6) is 0 Å². The molecule has 2 amide bonds. The molecule has 0 radical (unpaired) electrons. The van der Waals surface area contributed by atoms with E-state index in [4.69, 9.17) is 5.26 Å². The number of nitrogens with one attached hydrogen (secondary N) is 1. The zero-order valence-electron chi connectivity index (χ0n) is 14.2. The van der Waals surface area contributed by atoms with Crippen molar-refractivity contribution >= 4 is 17.5 Å². The Hall–Kier alpha value is -2.55. The fourth-order valence-corrected chi connectivity index (χ4v) is 2.02. The smallest absolute Gasteiger partial charge is 0.244 e. The van der Waals surface area contributed by atoms with Gasteiger partial charge < -0.3 is 15.1 Å². The van der Waals surface area contributed by atoms with E-state index in [0.717, 1.165) is 11.3 Å². The van der Waals surface area contributed by atoms with Gasteiger partial charge in [0.25, 0.3) is 0 Å². The highest BCUT2D eigenvalue weighted by molar-refractivity contribution is 5.84. The Morgan fingerprint density at radius 3 is 2.35 bits per heavy atom. The van der Waals surface area contributed by atoms with Crippen LogP contribution in [-0.2, 0) is 16.0 Å². The number of benzene rings is 1. The van der Waals surface area contributed by atoms with Gasteiger partial charge in [-0.1, -0.05) is 12.1 Å². The van der Waals surface area contributed by atoms with Crippen molar-refractivity contribution in [2.24, 2.45) is 0 Å². The van der Waals surface area contributed by atoms with Crippen LogP contribution in [0.2, 0.25) is 0 Å². The van der Waals surface area contributed by atoms with Gasteiger partial charge in [0.15, 0.2) is 0 Å². The molecule has 0 fully saturated rings. The second-order valence-corrected chi connectivity index (χ2v) is 5.70. The third-order valence-corrected chi connectivity index (χ3v) is 3.50. The number of likely N-dealkylation sites (N-methyl/N-ethyl adjacent to an activating group) is 2. The minimum Gasteiger partial charge on any atom is -0.374 e. The Bertz CT molecular complexity index is 575. The van der Waals surface area contributed by atoms with Crippen LogP contribution in [0.1, 0.15) is 18.9 Å². The van der Waals surface area contributed by atoms with Gasteiger partial charge in [0.05, 0.1) is 18.9 Å². The average Bonchev–Trinajstić information content (AvgIpc) is 2.53. The number of rotatable bonds is 7. The molecule has 0 saturated heterocycles. The molecule has 0 heterocycles. The summed E-state index contributed by atoms with van der Waals surface area (Å²) in [4.78, 5) is 26.9. The second-order valence-electron chi connectivity index (χ2n) is 5.70. The van der Waals surface area contributed by atoms with Crippen LogP contribution in [0.4, 0.5) is 5.69 Å². The highest BCUT2D eigenvalue weighted by Crippen LogP contribution is 2.12. The number of carbonyl (C=O) groups excluding carboxylic acids is 2. The summed E-state index contributed by atoms with van der Waals surface area (Å²) in [5.41, 5.74) is 1.75. The maximum atomic E-state index is 12.1. The highest BCUT2D eigenvalue weighted by atomic mass is 16.2. The van der Waals surface area contributed by atoms with Crippen LogP contribution in [0.15, 0.2) is 24.3 Å². The predicted octanol–water partition coefficient (Wildman–Crippen LogP) is 1.49. The quantitative estimate of drug-likeness (QED) is 0.827. The van der Waals surface area contributed by atoms with Crippen molar-refractivity contribution < 1.29 is 9.59 Å². The van der Waals surface area contributed by atoms with Gasteiger partial charge >= 0.3 is 0 Å². The maximum absolute atomic E-state index is 12.1. The Labute approximate surface area is 137 Å². The normalized spacial score (nSPS) is 11.3. The Kier molecular flexibility index (Phi) is 7.07. The monoisotopic (exact) mass is 316 g/mol. The lowest BCUT2D eigenvalue weighted by Gasteiger charge is -2.22. The SMILES string of the molecule is C[C@H](Nc1ccc(CC(=O)N(C)C)cc1)C(=O)N(C)CCC#N. The van der Waals surface area contributed by atoms with E-state index in [-0.39, 0.29) is 17.9 Å². The van der Waals surface area contributed by atoms with Crippen molar-refractivity contribution in [2.45, 2.75) is 25.8 Å². The van der Waals surface area contributed by atoms with Gasteiger partial charge in [0.2, 0.25) is 11.8 Å². The summed E-state index contributed by atoms with van der Waals surface area (Å²) in [6.07, 6.45) is 0.683. The maximum Gasteiger partial charge on any atom is 0.244 e. The largest absolute Gasteiger partial charge is 0.374 e. The lowest BCUT2D eigenvalue weighted by molar-refractivity contribution is -0.130. The summed E-state index contributed by atoms with van der Waals surface area (Å²) in [6, 6.07) is 9.11. The molecule has 1 aromatic rings. The van der Waals surface area contributed by atoms with Crippen LogP contribution in [0.25, 0.3) is 0 Å². The molecule has 0 aromatic heterocycles. The first kappa shape index (κ1) is 18.5. The van der Waals surface area contributed by atoms with Gasteiger partial charge in [-0.3, -0.25) is 9.59 Å². The molecule has 1 atom stereocenters. The van der Waals surface area contributed by atoms with E-state index >= 15 is 0 Å². The summed E-state index contributed by atoms with van der Waals surface area (Å²) in [6.45, 7) is 2.21. The Morgan fingerprint density at radius 2 is 1.83 bits per heavy atom. The first-order chi connectivity index (χ1) is 10.8. The molecule has 1 N–H and O–H groups in total. The first-order valence-electron chi connectivity index (χ1n) is 7.52. The molecule has 23 heavy (non-hydrogen) atoms. The van der Waals surface area contributed by atoms with Crippen molar-refractivity contribution in [3.63, 3.8) is 0 Å². The third-order valence-electron chi connectivity index (χ3n) is 3.50. The van der Waals surface area contributed by atoms with Crippen molar-refractivity contribution in [1.82, 2.24) is 9.80 Å². The summed E-state index contributed by atoms with van der Waals surface area (Å²) in [5.74, 6) is -0.0134. The van der Waals surface area contributed by atoms with Crippen LogP contribution < -0.4 is 5.32 Å². The highest BCUT2D eigenvalue weighted by Gasteiger charge is 2.17. The number of hydrogen-bond donors (Lipinski definition) is 1. The molecule has 6 nitrogen and oxygen atoms in total. The van der Waals surface area contributed by atoms with Crippen LogP contribution in [0.3, 0.4) is 0 Å². The summed E-state index contributed by atoms with van der Waals surface area (Å²) in [7, 11) is 5.15. The van der Waals surface area contributed by atoms with Crippen LogP contribution in [-0.4, -0.2) is 55.3 Å². The van der Waals surface area contributed by atoms with E-state index in [1.54, 1.807) is 37.9 Å². The molecule has 0 saturated carbocycles. The lowest BCUT2D eigenvalue weighted by Crippen LogP contribution is -2.39. The third kappa shape index (κ3) is 5.99. The zero-order chi connectivity index (χ0) is 17.4. The van der Waals surface area contributed by atoms with Gasteiger partial charge in [-0.05, 0) is 24.6 Å². The van der Waals surface area contributed by atoms with E-state index in [1.807, 2.05) is 30.3 Å². The van der Waals surface area contributed by atoms with Gasteiger partial charge in [-0.25, -0.2) is 0 Å². The molecule has 1 aromatic carbocycles. The molecular weight excluding hydrogens is 292 g/mol. The molecule has 0 unspecified atom stereocenters. The van der Waals surface area contributed by atoms with Crippen molar-refractivity contribution in [1.29, 1.82) is 5.26 Å². The van der Waals surface area contributed by atoms with Gasteiger partial charge in [-0.15, -0.1) is 0 Å². The number of nitriles is 1. The fourth-order valence-electron chi connectivity index (χ4n) is 2.02. The summed E-state index contributed by atoms with van der Waals surface area (Å²) >= 11 is 0. The van der Waals surface area contributed by atoms with Gasteiger partial charge in [0.1, 0.15) is 6.04 Å². The molecule has 0 bridgehead atoms. The Morgan fingerprint density at radius 1 is 1.22 bits per heavy atom. The van der Waals surface area contributed by atoms with Crippen molar-refractivity contribution in [2.75, 3.05) is 33.0 Å². The zero-order valence-corrected chi connectivity index (χ0v) is 14.2. The topological polar surface area (TPSA) is 76.4 Å². The number of amides is 2. The molecule has 1 rings (SSSR count). The van der Waals surface area contributed by atoms with Crippen LogP contribution >= 0.6 is 0 Å². The number of anilines is 1. The number of carbonyl (C=O) groups is 2. The average molecular weight is 316 g/mol. The summed E-state index contributed by atoms with van der Waals surface area (Å²) < 4.78 is 0. The first-order valence-corrected chi connectivity index (χ1v) is 7.52. The minimum atomic E-state index is -0.382. The van der Waals surface area contributed by atoms with Crippen LogP contribution in [0, 0.1) is 11.3 Å². The van der Waals surface area contributed by atoms with E-state index in [0.29, 0.717) is 19.4 Å². The van der Waals surface area contributed by atoms with E-state index < -0.39 is 0 Å². The number of hydrogen-bond acceptors (Lipinski definition) is 4. The molecule has 0 aliphatic carbocycles. The molecule has 0 spiro atoms.